The van der Waals surface area contributed by atoms with Crippen molar-refractivity contribution in [2.75, 3.05) is 29.0 Å². The molecule has 1 aliphatic rings. The number of alkyl halides is 3. The van der Waals surface area contributed by atoms with Crippen LogP contribution in [-0.2, 0) is 6.18 Å². The van der Waals surface area contributed by atoms with E-state index in [1.807, 2.05) is 19.1 Å². The summed E-state index contributed by atoms with van der Waals surface area (Å²) < 4.78 is 39.6. The van der Waals surface area contributed by atoms with Gasteiger partial charge in [-0.2, -0.15) is 13.2 Å². The minimum Gasteiger partial charge on any atom is -0.507 e. The number of carbonyl (C=O) groups excluding carboxylic acids is 1. The number of halogens is 3. The molecule has 12 heteroatoms. The van der Waals surface area contributed by atoms with Crippen LogP contribution >= 0.6 is 0 Å². The summed E-state index contributed by atoms with van der Waals surface area (Å²) in [6, 6.07) is 14.6. The highest BCUT2D eigenvalue weighted by molar-refractivity contribution is 6.06. The van der Waals surface area contributed by atoms with Crippen LogP contribution in [0.25, 0.3) is 33.2 Å². The summed E-state index contributed by atoms with van der Waals surface area (Å²) >= 11 is 0. The summed E-state index contributed by atoms with van der Waals surface area (Å²) in [6.45, 7) is 3.17. The Kier molecular flexibility index (Phi) is 7.75. The number of piperidine rings is 1. The molecule has 0 bridgehead atoms. The average molecular weight is 615 g/mol. The molecule has 1 saturated heterocycles. The number of carbonyl (C=O) groups is 1. The monoisotopic (exact) mass is 614 g/mol. The van der Waals surface area contributed by atoms with Gasteiger partial charge in [0.05, 0.1) is 22.7 Å². The van der Waals surface area contributed by atoms with Crippen molar-refractivity contribution >= 4 is 34.3 Å². The van der Waals surface area contributed by atoms with Gasteiger partial charge in [0.1, 0.15) is 11.6 Å². The minimum atomic E-state index is -4.55. The van der Waals surface area contributed by atoms with Crippen molar-refractivity contribution in [2.45, 2.75) is 32.0 Å². The molecule has 1 amide bonds. The predicted octanol–water partition coefficient (Wildman–Crippen LogP) is 6.19. The summed E-state index contributed by atoms with van der Waals surface area (Å²) in [7, 11) is 0. The topological polar surface area (TPSA) is 137 Å². The number of fused-ring (bicyclic) bond motifs is 1. The van der Waals surface area contributed by atoms with Crippen molar-refractivity contribution in [3.05, 3.63) is 89.7 Å². The number of aliphatic hydroxyl groups is 1. The van der Waals surface area contributed by atoms with Crippen LogP contribution in [0.15, 0.2) is 73.1 Å². The fourth-order valence-corrected chi connectivity index (χ4v) is 5.51. The number of nitrogen functional groups attached to an aromatic ring is 1. The highest BCUT2D eigenvalue weighted by Crippen LogP contribution is 2.44. The lowest BCUT2D eigenvalue weighted by Gasteiger charge is -2.30. The van der Waals surface area contributed by atoms with E-state index < -0.39 is 17.6 Å². The predicted molar refractivity (Wildman–Crippen MR) is 166 cm³/mol. The molecule has 1 aliphatic heterocycles. The maximum absolute atomic E-state index is 13.2. The number of aliphatic hydroxyl groups excluding tert-OH is 1. The lowest BCUT2D eigenvalue weighted by atomic mass is 9.92. The number of hydrogen-bond acceptors (Lipinski definition) is 8. The zero-order valence-electron chi connectivity index (χ0n) is 24.1. The first kappa shape index (κ1) is 29.8. The summed E-state index contributed by atoms with van der Waals surface area (Å²) in [5, 5.41) is 24.7. The number of phenolic OH excluding ortho intramolecular Hbond substituents is 1. The number of rotatable bonds is 5. The molecule has 6 rings (SSSR count). The number of aromatic hydroxyl groups is 1. The fraction of sp³-hybridized carbons (Fsp3) is 0.212. The number of phenols is 1. The van der Waals surface area contributed by atoms with E-state index >= 15 is 0 Å². The van der Waals surface area contributed by atoms with Crippen LogP contribution in [0.2, 0.25) is 0 Å². The second kappa shape index (κ2) is 11.7. The Morgan fingerprint density at radius 3 is 2.49 bits per heavy atom. The van der Waals surface area contributed by atoms with E-state index in [-0.39, 0.29) is 29.1 Å². The largest absolute Gasteiger partial charge is 0.507 e. The number of anilines is 3. The van der Waals surface area contributed by atoms with Crippen LogP contribution in [-0.4, -0.2) is 50.3 Å². The maximum Gasteiger partial charge on any atom is 0.416 e. The van der Waals surface area contributed by atoms with Gasteiger partial charge >= 0.3 is 6.18 Å². The second-order valence-corrected chi connectivity index (χ2v) is 11.0. The molecule has 45 heavy (non-hydrogen) atoms. The number of nitrogens with two attached hydrogens (primary N) is 1. The van der Waals surface area contributed by atoms with Gasteiger partial charge in [0, 0.05) is 53.2 Å². The van der Waals surface area contributed by atoms with E-state index in [0.717, 1.165) is 23.5 Å². The number of pyridine rings is 1. The van der Waals surface area contributed by atoms with Crippen LogP contribution in [0.1, 0.15) is 34.3 Å². The number of nitrogens with zero attached hydrogens (tertiary/aromatic N) is 4. The molecule has 0 spiro atoms. The first-order chi connectivity index (χ1) is 21.5. The fourth-order valence-electron chi connectivity index (χ4n) is 5.51. The van der Waals surface area contributed by atoms with Gasteiger partial charge in [-0.15, -0.1) is 0 Å². The number of hydrogen-bond donors (Lipinski definition) is 4. The van der Waals surface area contributed by atoms with Crippen LogP contribution in [0.3, 0.4) is 0 Å². The van der Waals surface area contributed by atoms with Crippen LogP contribution in [0, 0.1) is 6.92 Å². The lowest BCUT2D eigenvalue weighted by molar-refractivity contribution is -0.137. The van der Waals surface area contributed by atoms with Gasteiger partial charge < -0.3 is 26.2 Å². The first-order valence-electron chi connectivity index (χ1n) is 14.2. The molecule has 230 valence electrons. The molecular weight excluding hydrogens is 585 g/mol. The highest BCUT2D eigenvalue weighted by atomic mass is 19.4. The Bertz CT molecular complexity index is 1910. The Morgan fingerprint density at radius 2 is 1.78 bits per heavy atom. The van der Waals surface area contributed by atoms with E-state index in [1.54, 1.807) is 36.7 Å². The molecule has 3 heterocycles. The molecule has 9 nitrogen and oxygen atoms in total. The minimum absolute atomic E-state index is 0.000736. The van der Waals surface area contributed by atoms with E-state index in [9.17, 15) is 28.2 Å². The average Bonchev–Trinajstić information content (AvgIpc) is 3.01. The van der Waals surface area contributed by atoms with Crippen LogP contribution in [0.5, 0.6) is 5.75 Å². The molecule has 5 aromatic rings. The number of amides is 1. The van der Waals surface area contributed by atoms with Crippen LogP contribution in [0.4, 0.5) is 30.6 Å². The molecule has 1 fully saturated rings. The number of aromatic nitrogens is 3. The van der Waals surface area contributed by atoms with E-state index in [4.69, 9.17) is 5.73 Å². The zero-order chi connectivity index (χ0) is 31.9. The number of benzene rings is 3. The zero-order valence-corrected chi connectivity index (χ0v) is 24.1. The third-order valence-corrected chi connectivity index (χ3v) is 7.93. The Hall–Kier alpha value is -5.23. The van der Waals surface area contributed by atoms with Gasteiger partial charge in [-0.1, -0.05) is 12.1 Å². The Morgan fingerprint density at radius 1 is 1.00 bits per heavy atom. The lowest BCUT2D eigenvalue weighted by Crippen LogP contribution is -2.36. The van der Waals surface area contributed by atoms with Gasteiger partial charge in [-0.05, 0) is 79.4 Å². The number of nitrogens with one attached hydrogen (secondary N) is 1. The summed E-state index contributed by atoms with van der Waals surface area (Å²) in [6.07, 6.45) is -0.366. The normalized spacial score (nSPS) is 14.1. The van der Waals surface area contributed by atoms with E-state index in [2.05, 4.69) is 25.2 Å². The van der Waals surface area contributed by atoms with E-state index in [0.29, 0.717) is 59.1 Å². The smallest absolute Gasteiger partial charge is 0.416 e. The molecule has 0 radical (unpaired) electrons. The van der Waals surface area contributed by atoms with Gasteiger partial charge in [-0.25, -0.2) is 15.0 Å². The maximum atomic E-state index is 13.2. The van der Waals surface area contributed by atoms with Crippen LogP contribution < -0.4 is 16.0 Å². The first-order valence-corrected chi connectivity index (χ1v) is 14.2. The molecule has 3 aromatic carbocycles. The van der Waals surface area contributed by atoms with Crippen molar-refractivity contribution in [1.82, 2.24) is 15.0 Å². The summed E-state index contributed by atoms with van der Waals surface area (Å²) in [5.41, 5.74) is 8.26. The molecular formula is C33H29F3N6O3. The Balaban J connectivity index is 1.39. The molecule has 5 N–H and O–H groups in total. The summed E-state index contributed by atoms with van der Waals surface area (Å²) in [4.78, 5) is 28.4. The number of aryl methyl sites for hydroxylation is 1. The molecule has 0 saturated carbocycles. The summed E-state index contributed by atoms with van der Waals surface area (Å²) in [5.74, 6) is 0.0406. The van der Waals surface area contributed by atoms with Gasteiger partial charge in [0.2, 0.25) is 5.95 Å². The molecule has 0 atom stereocenters. The van der Waals surface area contributed by atoms with Gasteiger partial charge in [0.15, 0.2) is 0 Å². The molecule has 0 aliphatic carbocycles. The van der Waals surface area contributed by atoms with Crippen molar-refractivity contribution < 1.29 is 28.2 Å². The third-order valence-electron chi connectivity index (χ3n) is 7.93. The second-order valence-electron chi connectivity index (χ2n) is 11.0. The van der Waals surface area contributed by atoms with E-state index in [1.165, 1.54) is 12.1 Å². The highest BCUT2D eigenvalue weighted by Gasteiger charge is 2.30. The third kappa shape index (κ3) is 6.09. The standard InChI is InChI=1S/C33H29F3N6O3/c1-18-5-6-19(31(45)40-23-4-2-3-22(15-23)33(34,35)36)13-25(18)26-14-21-17-39-32(37)41-29(21)28(30(26)44)20-7-8-27(38-16-20)42-11-9-24(43)10-12-42/h2-8,13-17,24,43-44H,9-12H2,1H3,(H,40,45)(H2,37,39,41). The van der Waals surface area contributed by atoms with Crippen molar-refractivity contribution in [2.24, 2.45) is 0 Å². The SMILES string of the molecule is Cc1ccc(C(=O)Nc2cccc(C(F)(F)F)c2)cc1-c1cc2cnc(N)nc2c(-c2ccc(N3CCC(O)CC3)nc2)c1O. The van der Waals surface area contributed by atoms with Crippen molar-refractivity contribution in [3.8, 4) is 28.0 Å². The van der Waals surface area contributed by atoms with Crippen molar-refractivity contribution in [1.29, 1.82) is 0 Å². The van der Waals surface area contributed by atoms with Gasteiger partial charge in [-0.3, -0.25) is 4.79 Å². The van der Waals surface area contributed by atoms with Gasteiger partial charge in [0.25, 0.3) is 5.91 Å². The molecule has 0 unspecified atom stereocenters. The van der Waals surface area contributed by atoms with Crippen molar-refractivity contribution in [3.63, 3.8) is 0 Å². The quantitative estimate of drug-likeness (QED) is 0.184. The molecule has 2 aromatic heterocycles. The Labute approximate surface area is 256 Å².